The topological polar surface area (TPSA) is 0 Å². The Morgan fingerprint density at radius 2 is 1.00 bits per heavy atom. The Balaban J connectivity index is 2.21. The van der Waals surface area contributed by atoms with Gasteiger partial charge in [0.15, 0.2) is 0 Å². The van der Waals surface area contributed by atoms with Crippen molar-refractivity contribution in [2.45, 2.75) is 12.8 Å². The summed E-state index contributed by atoms with van der Waals surface area (Å²) in [5.74, 6) is 0. The maximum atomic E-state index is 2.47. The van der Waals surface area contributed by atoms with Crippen molar-refractivity contribution in [3.05, 3.63) is 0 Å². The zero-order valence-corrected chi connectivity index (χ0v) is 8.93. The van der Waals surface area contributed by atoms with Crippen LogP contribution < -0.4 is 0 Å². The minimum Gasteiger partial charge on any atom is -0.110 e. The predicted molar refractivity (Wildman–Crippen MR) is 54.4 cm³/mol. The molecule has 60 valence electrons. The summed E-state index contributed by atoms with van der Waals surface area (Å²) in [4.78, 5) is 0. The second kappa shape index (κ2) is 4.68. The molecule has 0 spiro atoms. The van der Waals surface area contributed by atoms with Gasteiger partial charge in [-0.3, -0.25) is 0 Å². The van der Waals surface area contributed by atoms with E-state index < -0.39 is 0 Å². The normalized spacial score (nSPS) is 36.6. The van der Waals surface area contributed by atoms with E-state index in [1.807, 2.05) is 0 Å². The number of hydrogen-bond acceptors (Lipinski definition) is 0. The molecule has 0 aromatic carbocycles. The second-order valence-electron chi connectivity index (χ2n) is 3.31. The molecule has 0 unspecified atom stereocenters. The van der Waals surface area contributed by atoms with Crippen LogP contribution in [0.5, 0.6) is 0 Å². The van der Waals surface area contributed by atoms with Gasteiger partial charge in [0.2, 0.25) is 0 Å². The SMILES string of the molecule is CP1CCCP(C)CCC1. The van der Waals surface area contributed by atoms with Crippen LogP contribution in [0.1, 0.15) is 12.8 Å². The van der Waals surface area contributed by atoms with E-state index in [0.29, 0.717) is 15.8 Å². The fourth-order valence-corrected chi connectivity index (χ4v) is 5.18. The number of hydrogen-bond donors (Lipinski definition) is 0. The van der Waals surface area contributed by atoms with E-state index in [4.69, 9.17) is 0 Å². The summed E-state index contributed by atoms with van der Waals surface area (Å²) in [6, 6.07) is 0. The van der Waals surface area contributed by atoms with Crippen LogP contribution in [0.25, 0.3) is 0 Å². The first-order valence-electron chi connectivity index (χ1n) is 4.16. The molecule has 1 heterocycles. The molecule has 1 aliphatic rings. The van der Waals surface area contributed by atoms with Gasteiger partial charge in [-0.25, -0.2) is 0 Å². The first-order chi connectivity index (χ1) is 4.79. The first-order valence-corrected chi connectivity index (χ1v) is 8.48. The maximum absolute atomic E-state index is 2.47. The molecular formula is C8H18P2. The molecule has 0 aliphatic carbocycles. The smallest absolute Gasteiger partial charge is 0.0325 e. The van der Waals surface area contributed by atoms with Crippen LogP contribution in [-0.2, 0) is 0 Å². The van der Waals surface area contributed by atoms with E-state index in [1.54, 1.807) is 24.6 Å². The van der Waals surface area contributed by atoms with E-state index in [-0.39, 0.29) is 0 Å². The Bertz CT molecular complexity index is 73.3. The Morgan fingerprint density at radius 1 is 0.700 bits per heavy atom. The van der Waals surface area contributed by atoms with Crippen LogP contribution in [0.2, 0.25) is 0 Å². The molecule has 0 saturated carbocycles. The molecule has 0 nitrogen and oxygen atoms in total. The molecule has 0 aromatic heterocycles. The van der Waals surface area contributed by atoms with Crippen LogP contribution in [0.3, 0.4) is 0 Å². The third kappa shape index (κ3) is 3.31. The highest BCUT2D eigenvalue weighted by Crippen LogP contribution is 2.41. The van der Waals surface area contributed by atoms with Crippen molar-refractivity contribution in [1.82, 2.24) is 0 Å². The minimum absolute atomic E-state index is 0.456. The van der Waals surface area contributed by atoms with Crippen molar-refractivity contribution in [3.8, 4) is 0 Å². The highest BCUT2D eigenvalue weighted by molar-refractivity contribution is 7.58. The average Bonchev–Trinajstić information content (AvgIpc) is 1.84. The third-order valence-corrected chi connectivity index (χ3v) is 6.48. The fraction of sp³-hybridized carbons (Fsp3) is 1.00. The van der Waals surface area contributed by atoms with E-state index in [0.717, 1.165) is 0 Å². The summed E-state index contributed by atoms with van der Waals surface area (Å²) in [7, 11) is 0.912. The van der Waals surface area contributed by atoms with Crippen molar-refractivity contribution in [3.63, 3.8) is 0 Å². The first kappa shape index (κ1) is 8.95. The van der Waals surface area contributed by atoms with Crippen molar-refractivity contribution in [1.29, 1.82) is 0 Å². The van der Waals surface area contributed by atoms with Crippen LogP contribution in [0, 0.1) is 0 Å². The molecule has 2 heteroatoms. The third-order valence-electron chi connectivity index (χ3n) is 2.16. The molecule has 0 radical (unpaired) electrons. The Hall–Kier alpha value is 0.860. The van der Waals surface area contributed by atoms with Gasteiger partial charge in [-0.2, -0.15) is 0 Å². The van der Waals surface area contributed by atoms with Gasteiger partial charge in [-0.05, 0) is 50.8 Å². The maximum Gasteiger partial charge on any atom is -0.0325 e. The standard InChI is InChI=1S/C8H18P2/c1-9-5-3-7-10(2)8-4-6-9/h3-8H2,1-2H3. The zero-order chi connectivity index (χ0) is 7.40. The fourth-order valence-electron chi connectivity index (χ4n) is 1.44. The van der Waals surface area contributed by atoms with Crippen molar-refractivity contribution >= 4 is 15.8 Å². The summed E-state index contributed by atoms with van der Waals surface area (Å²) in [6.07, 6.45) is 9.29. The Morgan fingerprint density at radius 3 is 1.30 bits per heavy atom. The molecular weight excluding hydrogens is 158 g/mol. The highest BCUT2D eigenvalue weighted by Gasteiger charge is 2.08. The molecule has 1 fully saturated rings. The predicted octanol–water partition coefficient (Wildman–Crippen LogP) is 3.00. The lowest BCUT2D eigenvalue weighted by Gasteiger charge is -2.19. The van der Waals surface area contributed by atoms with Gasteiger partial charge < -0.3 is 0 Å². The lowest BCUT2D eigenvalue weighted by atomic mass is 10.5. The summed E-state index contributed by atoms with van der Waals surface area (Å²) in [5.41, 5.74) is 0. The van der Waals surface area contributed by atoms with Crippen molar-refractivity contribution in [2.75, 3.05) is 38.0 Å². The van der Waals surface area contributed by atoms with Crippen LogP contribution in [-0.4, -0.2) is 38.0 Å². The largest absolute Gasteiger partial charge is 0.110 e. The molecule has 0 N–H and O–H groups in total. The van der Waals surface area contributed by atoms with Gasteiger partial charge in [0.25, 0.3) is 0 Å². The molecule has 1 aliphatic heterocycles. The molecule has 0 bridgehead atoms. The average molecular weight is 176 g/mol. The molecule has 0 amide bonds. The van der Waals surface area contributed by atoms with Gasteiger partial charge in [0, 0.05) is 0 Å². The Labute approximate surface area is 67.3 Å². The molecule has 10 heavy (non-hydrogen) atoms. The Kier molecular flexibility index (Phi) is 4.19. The van der Waals surface area contributed by atoms with Gasteiger partial charge in [-0.1, -0.05) is 0 Å². The van der Waals surface area contributed by atoms with Crippen LogP contribution in [0.15, 0.2) is 0 Å². The molecule has 1 saturated heterocycles. The molecule has 0 aromatic rings. The minimum atomic E-state index is 0.456. The van der Waals surface area contributed by atoms with E-state index >= 15 is 0 Å². The molecule has 1 rings (SSSR count). The molecule has 0 atom stereocenters. The van der Waals surface area contributed by atoms with Gasteiger partial charge >= 0.3 is 0 Å². The summed E-state index contributed by atoms with van der Waals surface area (Å²) < 4.78 is 0. The van der Waals surface area contributed by atoms with Crippen molar-refractivity contribution in [2.24, 2.45) is 0 Å². The summed E-state index contributed by atoms with van der Waals surface area (Å²) in [5, 5.41) is 0. The number of rotatable bonds is 0. The highest BCUT2D eigenvalue weighted by atomic mass is 31.1. The van der Waals surface area contributed by atoms with E-state index in [9.17, 15) is 0 Å². The van der Waals surface area contributed by atoms with Gasteiger partial charge in [0.05, 0.1) is 0 Å². The monoisotopic (exact) mass is 176 g/mol. The van der Waals surface area contributed by atoms with Gasteiger partial charge in [-0.15, -0.1) is 15.8 Å². The quantitative estimate of drug-likeness (QED) is 0.498. The lowest BCUT2D eigenvalue weighted by Crippen LogP contribution is -2.00. The lowest BCUT2D eigenvalue weighted by molar-refractivity contribution is 1.03. The summed E-state index contributed by atoms with van der Waals surface area (Å²) in [6.45, 7) is 4.94. The van der Waals surface area contributed by atoms with E-state index in [2.05, 4.69) is 13.3 Å². The van der Waals surface area contributed by atoms with Crippen LogP contribution >= 0.6 is 15.8 Å². The second-order valence-corrected chi connectivity index (χ2v) is 8.53. The zero-order valence-electron chi connectivity index (χ0n) is 7.14. The van der Waals surface area contributed by atoms with Crippen LogP contribution in [0.4, 0.5) is 0 Å². The summed E-state index contributed by atoms with van der Waals surface area (Å²) >= 11 is 0. The van der Waals surface area contributed by atoms with Gasteiger partial charge in [0.1, 0.15) is 0 Å². The van der Waals surface area contributed by atoms with Crippen molar-refractivity contribution < 1.29 is 0 Å². The van der Waals surface area contributed by atoms with E-state index in [1.165, 1.54) is 12.8 Å².